The molecule has 0 saturated heterocycles. The number of hydrogen-bond donors (Lipinski definition) is 1. The first kappa shape index (κ1) is 10.5. The van der Waals surface area contributed by atoms with Crippen LogP contribution in [0.5, 0.6) is 0 Å². The summed E-state index contributed by atoms with van der Waals surface area (Å²) in [6.45, 7) is 0. The van der Waals surface area contributed by atoms with Gasteiger partial charge in [-0.05, 0) is 12.1 Å². The Morgan fingerprint density at radius 3 is 2.12 bits per heavy atom. The van der Waals surface area contributed by atoms with Crippen LogP contribution in [0.3, 0.4) is 0 Å². The van der Waals surface area contributed by atoms with E-state index >= 15 is 0 Å². The van der Waals surface area contributed by atoms with Gasteiger partial charge in [-0.15, -0.1) is 0 Å². The summed E-state index contributed by atoms with van der Waals surface area (Å²) in [4.78, 5) is 0. The molecule has 0 heterocycles. The van der Waals surface area contributed by atoms with E-state index in [0.29, 0.717) is 6.07 Å². The van der Waals surface area contributed by atoms with Crippen molar-refractivity contribution in [2.24, 2.45) is 0 Å². The Bertz CT molecular complexity index is 538. The number of nitrogens with two attached hydrogens (primary N) is 1. The minimum absolute atomic E-state index is 0.0444. The summed E-state index contributed by atoms with van der Waals surface area (Å²) in [5.41, 5.74) is 5.12. The van der Waals surface area contributed by atoms with Gasteiger partial charge in [0.05, 0.1) is 5.69 Å². The highest BCUT2D eigenvalue weighted by Crippen LogP contribution is 2.28. The van der Waals surface area contributed by atoms with E-state index in [0.717, 1.165) is 6.07 Å². The molecule has 4 heteroatoms. The maximum atomic E-state index is 13.4. The number of halogens is 3. The zero-order valence-corrected chi connectivity index (χ0v) is 8.18. The summed E-state index contributed by atoms with van der Waals surface area (Å²) in [5, 5.41) is 0. The molecule has 0 aliphatic carbocycles. The van der Waals surface area contributed by atoms with Gasteiger partial charge in [0.1, 0.15) is 17.5 Å². The molecule has 0 fully saturated rings. The van der Waals surface area contributed by atoms with E-state index in [9.17, 15) is 13.2 Å². The van der Waals surface area contributed by atoms with E-state index in [1.807, 2.05) is 0 Å². The standard InChI is InChI=1S/C12H8F3N/c13-9-4-2-1-3-7(9)8-5-12(16)11(15)6-10(8)14/h1-6H,16H2. The maximum absolute atomic E-state index is 13.4. The zero-order valence-electron chi connectivity index (χ0n) is 8.18. The smallest absolute Gasteiger partial charge is 0.149 e. The van der Waals surface area contributed by atoms with Crippen LogP contribution in [0, 0.1) is 17.5 Å². The highest BCUT2D eigenvalue weighted by molar-refractivity contribution is 5.68. The van der Waals surface area contributed by atoms with Crippen molar-refractivity contribution >= 4 is 5.69 Å². The molecule has 0 aliphatic rings. The Hall–Kier alpha value is -1.97. The van der Waals surface area contributed by atoms with Gasteiger partial charge in [-0.3, -0.25) is 0 Å². The lowest BCUT2D eigenvalue weighted by atomic mass is 10.0. The third kappa shape index (κ3) is 1.74. The zero-order chi connectivity index (χ0) is 11.7. The predicted molar refractivity (Wildman–Crippen MR) is 56.2 cm³/mol. The fourth-order valence-corrected chi connectivity index (χ4v) is 1.45. The van der Waals surface area contributed by atoms with Gasteiger partial charge in [-0.2, -0.15) is 0 Å². The van der Waals surface area contributed by atoms with E-state index in [2.05, 4.69) is 0 Å². The van der Waals surface area contributed by atoms with Gasteiger partial charge in [0.25, 0.3) is 0 Å². The van der Waals surface area contributed by atoms with Crippen molar-refractivity contribution in [1.29, 1.82) is 0 Å². The van der Waals surface area contributed by atoms with Gasteiger partial charge in [0.2, 0.25) is 0 Å². The molecule has 0 aromatic heterocycles. The molecule has 0 amide bonds. The third-order valence-electron chi connectivity index (χ3n) is 2.25. The van der Waals surface area contributed by atoms with Crippen molar-refractivity contribution < 1.29 is 13.2 Å². The van der Waals surface area contributed by atoms with Gasteiger partial charge < -0.3 is 5.73 Å². The molecule has 0 aliphatic heterocycles. The van der Waals surface area contributed by atoms with Crippen molar-refractivity contribution in [3.8, 4) is 11.1 Å². The van der Waals surface area contributed by atoms with Gasteiger partial charge >= 0.3 is 0 Å². The van der Waals surface area contributed by atoms with E-state index in [1.54, 1.807) is 6.07 Å². The van der Waals surface area contributed by atoms with Gasteiger partial charge in [0, 0.05) is 17.2 Å². The molecule has 1 nitrogen and oxygen atoms in total. The minimum atomic E-state index is -0.849. The fourth-order valence-electron chi connectivity index (χ4n) is 1.45. The highest BCUT2D eigenvalue weighted by Gasteiger charge is 2.12. The first-order valence-electron chi connectivity index (χ1n) is 4.59. The maximum Gasteiger partial charge on any atom is 0.149 e. The van der Waals surface area contributed by atoms with Crippen LogP contribution in [0.2, 0.25) is 0 Å². The topological polar surface area (TPSA) is 26.0 Å². The van der Waals surface area contributed by atoms with E-state index in [-0.39, 0.29) is 16.8 Å². The van der Waals surface area contributed by atoms with Crippen LogP contribution in [0.1, 0.15) is 0 Å². The summed E-state index contributed by atoms with van der Waals surface area (Å²) in [6.07, 6.45) is 0. The lowest BCUT2D eigenvalue weighted by molar-refractivity contribution is 0.585. The monoisotopic (exact) mass is 223 g/mol. The van der Waals surface area contributed by atoms with Crippen molar-refractivity contribution in [3.05, 3.63) is 53.8 Å². The predicted octanol–water partition coefficient (Wildman–Crippen LogP) is 3.35. The quantitative estimate of drug-likeness (QED) is 0.737. The summed E-state index contributed by atoms with van der Waals surface area (Å²) < 4.78 is 39.7. The Balaban J connectivity index is 2.65. The summed E-state index contributed by atoms with van der Waals surface area (Å²) in [6, 6.07) is 7.40. The van der Waals surface area contributed by atoms with E-state index in [1.165, 1.54) is 18.2 Å². The Morgan fingerprint density at radius 1 is 0.750 bits per heavy atom. The molecule has 82 valence electrons. The lowest BCUT2D eigenvalue weighted by Crippen LogP contribution is -1.95. The second-order valence-electron chi connectivity index (χ2n) is 3.33. The highest BCUT2D eigenvalue weighted by atomic mass is 19.1. The molecule has 2 aromatic carbocycles. The molecule has 16 heavy (non-hydrogen) atoms. The van der Waals surface area contributed by atoms with Crippen molar-refractivity contribution in [2.45, 2.75) is 0 Å². The van der Waals surface area contributed by atoms with Crippen LogP contribution >= 0.6 is 0 Å². The molecule has 0 saturated carbocycles. The molecule has 0 bridgehead atoms. The average Bonchev–Trinajstić information content (AvgIpc) is 2.25. The second-order valence-corrected chi connectivity index (χ2v) is 3.33. The molecular weight excluding hydrogens is 215 g/mol. The molecule has 0 spiro atoms. The van der Waals surface area contributed by atoms with Crippen molar-refractivity contribution in [1.82, 2.24) is 0 Å². The van der Waals surface area contributed by atoms with Gasteiger partial charge in [-0.1, -0.05) is 18.2 Å². The lowest BCUT2D eigenvalue weighted by Gasteiger charge is -2.06. The molecule has 0 radical (unpaired) electrons. The van der Waals surface area contributed by atoms with E-state index < -0.39 is 17.5 Å². The van der Waals surface area contributed by atoms with Crippen LogP contribution < -0.4 is 5.73 Å². The number of anilines is 1. The molecule has 0 atom stereocenters. The van der Waals surface area contributed by atoms with Crippen LogP contribution in [0.15, 0.2) is 36.4 Å². The normalized spacial score (nSPS) is 10.4. The van der Waals surface area contributed by atoms with Crippen LogP contribution in [-0.2, 0) is 0 Å². The summed E-state index contributed by atoms with van der Waals surface area (Å²) in [7, 11) is 0. The molecule has 0 unspecified atom stereocenters. The number of benzene rings is 2. The first-order valence-corrected chi connectivity index (χ1v) is 4.59. The van der Waals surface area contributed by atoms with E-state index in [4.69, 9.17) is 5.73 Å². The number of hydrogen-bond acceptors (Lipinski definition) is 1. The van der Waals surface area contributed by atoms with Crippen LogP contribution in [-0.4, -0.2) is 0 Å². The molecular formula is C12H8F3N. The summed E-state index contributed by atoms with van der Waals surface area (Å²) >= 11 is 0. The molecule has 2 N–H and O–H groups in total. The van der Waals surface area contributed by atoms with Crippen LogP contribution in [0.4, 0.5) is 18.9 Å². The molecule has 2 rings (SSSR count). The number of nitrogen functional groups attached to an aromatic ring is 1. The SMILES string of the molecule is Nc1cc(-c2ccccc2F)c(F)cc1F. The minimum Gasteiger partial charge on any atom is -0.396 e. The molecule has 2 aromatic rings. The first-order chi connectivity index (χ1) is 7.59. The largest absolute Gasteiger partial charge is 0.396 e. The van der Waals surface area contributed by atoms with Crippen molar-refractivity contribution in [3.63, 3.8) is 0 Å². The second kappa shape index (κ2) is 3.89. The number of rotatable bonds is 1. The Morgan fingerprint density at radius 2 is 1.44 bits per heavy atom. The average molecular weight is 223 g/mol. The fraction of sp³-hybridized carbons (Fsp3) is 0. The van der Waals surface area contributed by atoms with Crippen LogP contribution in [0.25, 0.3) is 11.1 Å². The third-order valence-corrected chi connectivity index (χ3v) is 2.25. The Kier molecular flexibility index (Phi) is 2.56. The van der Waals surface area contributed by atoms with Crippen molar-refractivity contribution in [2.75, 3.05) is 5.73 Å². The van der Waals surface area contributed by atoms with Gasteiger partial charge in [0.15, 0.2) is 0 Å². The summed E-state index contributed by atoms with van der Waals surface area (Å²) in [5.74, 6) is -2.26. The van der Waals surface area contributed by atoms with Gasteiger partial charge in [-0.25, -0.2) is 13.2 Å². The Labute approximate surface area is 90.3 Å².